The first-order chi connectivity index (χ1) is 69.1. The number of rotatable bonds is 26. The summed E-state index contributed by atoms with van der Waals surface area (Å²) in [6.07, 6.45) is 18.2. The molecule has 10 aromatic rings. The number of benzene rings is 10. The van der Waals surface area contributed by atoms with E-state index in [1.54, 1.807) is 11.6 Å². The van der Waals surface area contributed by atoms with Crippen LogP contribution in [-0.4, -0.2) is 189 Å². The Morgan fingerprint density at radius 2 is 0.618 bits per heavy atom. The molecule has 2 amide bonds. The van der Waals surface area contributed by atoms with Crippen molar-refractivity contribution in [2.24, 2.45) is 0 Å². The summed E-state index contributed by atoms with van der Waals surface area (Å²) in [5.41, 5.74) is 27.2. The first-order valence-corrected chi connectivity index (χ1v) is 55.5. The van der Waals surface area contributed by atoms with Gasteiger partial charge in [0.25, 0.3) is 11.8 Å². The number of carbonyl (C=O) groups excluding carboxylic acids is 2. The molecule has 10 aromatic carbocycles. The van der Waals surface area contributed by atoms with E-state index in [9.17, 15) is 19.8 Å². The lowest BCUT2D eigenvalue weighted by atomic mass is 9.93. The van der Waals surface area contributed by atoms with Crippen molar-refractivity contribution >= 4 is 110 Å². The summed E-state index contributed by atoms with van der Waals surface area (Å²) in [5.74, 6) is 0.531. The maximum absolute atomic E-state index is 13.1. The predicted octanol–water partition coefficient (Wildman–Crippen LogP) is 25.3. The number of carbonyl (C=O) groups is 2. The number of piperidine rings is 2. The highest BCUT2D eigenvalue weighted by molar-refractivity contribution is 6.43. The number of nitrogens with one attached hydrogen (secondary N) is 3. The third kappa shape index (κ3) is 27.6. The SMILES string of the molecule is CC(C)(CCc1ccc(Cl)c(Cl)c1)N1Cc2ccc(N3CCNCC3)cc2C1.CC(C)(CCc1ccc(Cl)c(Cl)c1)N1Cc2cccc(C(=O)N3CCNCC3)c2C1.CC(C)(CCc1ccc(Cl)c(Cl)c1)N1Cc2cccc(N3CCCCC3)c2C1.CC(C)(CCc1ccc(Cl)cc1)N1Cc2cccc(C(=O)N3CCNCC3)c2C1.CC(C)(CCc1ccc(O)c(CO)c1)N1Cc2cccc(N3CCCCC3)c2C1. The van der Waals surface area contributed by atoms with E-state index in [4.69, 9.17) is 81.2 Å². The molecule has 0 unspecified atom stereocenters. The third-order valence-electron chi connectivity index (χ3n) is 32.5. The number of anilines is 3. The zero-order valence-electron chi connectivity index (χ0n) is 86.6. The van der Waals surface area contributed by atoms with Crippen LogP contribution in [0, 0.1) is 0 Å². The Labute approximate surface area is 893 Å². The normalized spacial score (nSPS) is 17.6. The van der Waals surface area contributed by atoms with E-state index in [-0.39, 0.29) is 51.9 Å². The van der Waals surface area contributed by atoms with Gasteiger partial charge in [0.05, 0.1) is 36.7 Å². The van der Waals surface area contributed by atoms with E-state index in [0.29, 0.717) is 35.7 Å². The molecule has 5 fully saturated rings. The van der Waals surface area contributed by atoms with Gasteiger partial charge in [-0.05, 0) is 352 Å². The number of halogens is 7. The number of aliphatic hydroxyl groups is 1. The molecule has 770 valence electrons. The quantitative estimate of drug-likeness (QED) is 0.0351. The fourth-order valence-electron chi connectivity index (χ4n) is 22.3. The lowest BCUT2D eigenvalue weighted by Gasteiger charge is -2.36. The maximum Gasteiger partial charge on any atom is 0.254 e. The van der Waals surface area contributed by atoms with Crippen molar-refractivity contribution in [2.75, 3.05) is 119 Å². The highest BCUT2D eigenvalue weighted by Crippen LogP contribution is 2.44. The molecule has 20 rings (SSSR count). The Morgan fingerprint density at radius 3 is 1.00 bits per heavy atom. The van der Waals surface area contributed by atoms with Crippen molar-refractivity contribution in [1.82, 2.24) is 50.2 Å². The van der Waals surface area contributed by atoms with Crippen LogP contribution in [0.3, 0.4) is 0 Å². The van der Waals surface area contributed by atoms with Crippen LogP contribution in [0.4, 0.5) is 17.1 Å². The van der Waals surface area contributed by atoms with Gasteiger partial charge in [-0.2, -0.15) is 0 Å². The molecule has 0 spiro atoms. The minimum atomic E-state index is -0.121. The first-order valence-electron chi connectivity index (χ1n) is 52.9. The Hall–Kier alpha value is -7.99. The Kier molecular flexibility index (Phi) is 37.1. The van der Waals surface area contributed by atoms with Crippen LogP contribution in [-0.2, 0) is 104 Å². The molecule has 10 aliphatic heterocycles. The molecule has 0 bridgehead atoms. The van der Waals surface area contributed by atoms with E-state index in [1.165, 1.54) is 160 Å². The average molecular weight is 2090 g/mol. The van der Waals surface area contributed by atoms with Crippen molar-refractivity contribution in [3.8, 4) is 5.75 Å². The van der Waals surface area contributed by atoms with E-state index in [2.05, 4.69) is 215 Å². The van der Waals surface area contributed by atoms with Crippen molar-refractivity contribution in [3.05, 3.63) is 323 Å². The number of hydrogen-bond acceptors (Lipinski definition) is 15. The van der Waals surface area contributed by atoms with Crippen LogP contribution in [0.15, 0.2) is 188 Å². The van der Waals surface area contributed by atoms with Gasteiger partial charge in [-0.1, -0.05) is 172 Å². The summed E-state index contributed by atoms with van der Waals surface area (Å²) in [6, 6.07) is 64.8. The van der Waals surface area contributed by atoms with Crippen LogP contribution in [0.25, 0.3) is 0 Å². The summed E-state index contributed by atoms with van der Waals surface area (Å²) in [6.45, 7) is 48.6. The second-order valence-corrected chi connectivity index (χ2v) is 47.3. The maximum atomic E-state index is 13.1. The summed E-state index contributed by atoms with van der Waals surface area (Å²) < 4.78 is 0. The molecule has 17 nitrogen and oxygen atoms in total. The van der Waals surface area contributed by atoms with Crippen molar-refractivity contribution in [3.63, 3.8) is 0 Å². The lowest BCUT2D eigenvalue weighted by molar-refractivity contribution is 0.0724. The van der Waals surface area contributed by atoms with Crippen LogP contribution in [0.1, 0.15) is 250 Å². The topological polar surface area (TPSA) is 143 Å². The largest absolute Gasteiger partial charge is 0.508 e. The number of phenols is 1. The summed E-state index contributed by atoms with van der Waals surface area (Å²) >= 11 is 42.7. The molecule has 0 radical (unpaired) electrons. The molecule has 0 saturated carbocycles. The van der Waals surface area contributed by atoms with Gasteiger partial charge in [0.2, 0.25) is 0 Å². The van der Waals surface area contributed by atoms with Gasteiger partial charge in [-0.25, -0.2) is 0 Å². The van der Waals surface area contributed by atoms with Gasteiger partial charge in [-0.3, -0.25) is 34.1 Å². The highest BCUT2D eigenvalue weighted by atomic mass is 35.5. The van der Waals surface area contributed by atoms with Gasteiger partial charge in [-0.15, -0.1) is 0 Å². The number of nitrogens with zero attached hydrogens (tertiary/aromatic N) is 10. The molecule has 24 heteroatoms. The zero-order valence-corrected chi connectivity index (χ0v) is 91.9. The van der Waals surface area contributed by atoms with Gasteiger partial charge in [0.15, 0.2) is 0 Å². The number of aryl methyl sites for hydroxylation is 5. The Bertz CT molecular complexity index is 6040. The molecule has 10 aliphatic rings. The minimum absolute atomic E-state index is 0.000490. The smallest absolute Gasteiger partial charge is 0.254 e. The number of amides is 2. The molecule has 144 heavy (non-hydrogen) atoms. The zero-order chi connectivity index (χ0) is 102. The van der Waals surface area contributed by atoms with Gasteiger partial charge in [0.1, 0.15) is 5.75 Å². The third-order valence-corrected chi connectivity index (χ3v) is 35.0. The Morgan fingerprint density at radius 1 is 0.299 bits per heavy atom. The van der Waals surface area contributed by atoms with Crippen LogP contribution in [0.5, 0.6) is 5.75 Å². The number of aromatic hydroxyl groups is 1. The van der Waals surface area contributed by atoms with E-state index in [0.717, 1.165) is 224 Å². The molecule has 10 heterocycles. The molecule has 5 saturated heterocycles. The number of piperazine rings is 3. The van der Waals surface area contributed by atoms with Crippen molar-refractivity contribution in [1.29, 1.82) is 0 Å². The van der Waals surface area contributed by atoms with Gasteiger partial charge < -0.3 is 50.7 Å². The van der Waals surface area contributed by atoms with E-state index < -0.39 is 0 Å². The summed E-state index contributed by atoms with van der Waals surface area (Å²) in [4.78, 5) is 50.8. The molecule has 0 atom stereocenters. The predicted molar refractivity (Wildman–Crippen MR) is 600 cm³/mol. The Balaban J connectivity index is 0.000000129. The van der Waals surface area contributed by atoms with Crippen LogP contribution in [0.2, 0.25) is 35.2 Å². The minimum Gasteiger partial charge on any atom is -0.508 e. The first kappa shape index (κ1) is 109. The summed E-state index contributed by atoms with van der Waals surface area (Å²) in [5, 5.41) is 33.8. The van der Waals surface area contributed by atoms with Gasteiger partial charge >= 0.3 is 0 Å². The van der Waals surface area contributed by atoms with Crippen LogP contribution >= 0.6 is 81.2 Å². The lowest BCUT2D eigenvalue weighted by Crippen LogP contribution is -2.46. The number of aliphatic hydroxyl groups excluding tert-OH is 1. The fourth-order valence-corrected chi connectivity index (χ4v) is 23.4. The summed E-state index contributed by atoms with van der Waals surface area (Å²) in [7, 11) is 0. The molecule has 0 aromatic heterocycles. The average Bonchev–Trinajstić information content (AvgIpc) is 1.64. The van der Waals surface area contributed by atoms with E-state index >= 15 is 0 Å². The highest BCUT2D eigenvalue weighted by Gasteiger charge is 2.41. The van der Waals surface area contributed by atoms with Gasteiger partial charge in [0, 0.05) is 237 Å². The number of fused-ring (bicyclic) bond motifs is 5. The van der Waals surface area contributed by atoms with Crippen LogP contribution < -0.4 is 30.7 Å². The second kappa shape index (κ2) is 49.2. The fraction of sp³-hybridized carbons (Fsp3) is 0.483. The monoisotopic (exact) mass is 2080 g/mol. The molecule has 5 N–H and O–H groups in total. The molecule has 0 aliphatic carbocycles. The molecular formula is C120H152Cl7N13O4. The molecular weight excluding hydrogens is 1940 g/mol. The van der Waals surface area contributed by atoms with E-state index in [1.807, 2.05) is 101 Å². The van der Waals surface area contributed by atoms with Crippen molar-refractivity contribution in [2.45, 2.75) is 272 Å². The van der Waals surface area contributed by atoms with Crippen molar-refractivity contribution < 1.29 is 19.8 Å². The standard InChI is InChI=1S/C25H34N2O2.C24H29Cl2N3O.C24H30Cl2N2.C24H30ClN3O.C23H29Cl2N3/c1-25(2,12-11-19-9-10-24(29)21(15-19)18-28)27-16-20-7-6-8-23(22(20)17-27)26-13-4-3-5-14-26;1-24(2,9-8-17-6-7-21(25)22(26)14-17)29-15-18-4-3-5-19(20(18)16-29)23(30)28-12-10-27-11-13-28;1-24(2,12-11-18-9-10-21(25)22(26)15-18)28-16-19-7-6-8-23(20(19)17-28)27-13-4-3-5-14-27;1-24(2,11-10-18-6-8-20(25)9-7-18)28-16-19-4-3-5-21(22(19)17-28)23(29)27-14-12-26-13-15-27;1-23(2,8-7-17-3-6-21(24)22(25)13-17)28-15-18-4-5-20(14-19(18)16-28)27-11-9-26-10-12-27/h6-10,15,28-29H,3-5,11-14,16-18H2,1-2H3;3-7,14,27H,8-13,15-16H2,1-2H3;6-10,15H,3-5,11-14,16-17H2,1-2H3;3-9,26H,10-17H2,1-2H3;3-6,13-14,26H,7-12,15-16H2,1-2H3. The number of hydrogen-bond donors (Lipinski definition) is 5. The second-order valence-electron chi connectivity index (χ2n) is 44.4.